The van der Waals surface area contributed by atoms with Crippen LogP contribution in [-0.2, 0) is 33.1 Å². The molecular formula is C24H20Cl2N4O10PbS2. The molecule has 2 aromatic heterocycles. The first-order valence-electron chi connectivity index (χ1n) is 11.3. The molecule has 0 aliphatic heterocycles. The van der Waals surface area contributed by atoms with Gasteiger partial charge in [0, 0.05) is 22.5 Å². The van der Waals surface area contributed by atoms with Crippen molar-refractivity contribution >= 4 is 93.9 Å². The number of hydrogen-bond acceptors (Lipinski definition) is 12. The molecular weight excluding hydrogens is 847 g/mol. The van der Waals surface area contributed by atoms with E-state index in [1.807, 2.05) is 0 Å². The second kappa shape index (κ2) is 15.0. The second-order valence-corrected chi connectivity index (χ2v) is 12.1. The second-order valence-electron chi connectivity index (χ2n) is 8.19. The Hall–Kier alpha value is -3.14. The topological polar surface area (TPSA) is 251 Å². The summed E-state index contributed by atoms with van der Waals surface area (Å²) in [7, 11) is -8.27. The molecule has 0 aliphatic carbocycles. The molecule has 0 saturated carbocycles. The van der Waals surface area contributed by atoms with Crippen LogP contribution in [0.3, 0.4) is 0 Å². The molecule has 0 spiro atoms. The zero-order valence-corrected chi connectivity index (χ0v) is 28.5. The van der Waals surface area contributed by atoms with Crippen molar-refractivity contribution in [1.82, 2.24) is 0 Å². The number of nitrogens with one attached hydrogen (secondary N) is 2. The summed E-state index contributed by atoms with van der Waals surface area (Å²) in [5.74, 6) is -1.99. The number of carbonyl (C=O) groups is 2. The molecule has 0 unspecified atom stereocenters. The first kappa shape index (κ1) is 36.1. The first-order chi connectivity index (χ1) is 19.6. The van der Waals surface area contributed by atoms with E-state index >= 15 is 0 Å². The van der Waals surface area contributed by atoms with Crippen molar-refractivity contribution < 1.29 is 45.5 Å². The number of furan rings is 2. The number of hydrogen-bond donors (Lipinski definition) is 4. The SMILES string of the molecule is NS(=O)(=O)c1cc(C(=O)[O-])c(NCc2ccco2)cc1Cl.NS(=O)(=O)c1cc(C(=O)[O-])c(NCc2ccco2)cc1Cl.[Pb+2]. The predicted octanol–water partition coefficient (Wildman–Crippen LogP) is 0.731. The minimum absolute atomic E-state index is 0. The van der Waals surface area contributed by atoms with Crippen LogP contribution in [0.2, 0.25) is 10.0 Å². The summed E-state index contributed by atoms with van der Waals surface area (Å²) < 4.78 is 55.5. The maximum atomic E-state index is 11.3. The Bertz CT molecular complexity index is 1680. The Morgan fingerprint density at radius 3 is 1.33 bits per heavy atom. The molecule has 0 bridgehead atoms. The van der Waals surface area contributed by atoms with Crippen molar-refractivity contribution in [3.8, 4) is 0 Å². The average molecular weight is 867 g/mol. The van der Waals surface area contributed by atoms with E-state index in [1.54, 1.807) is 24.3 Å². The number of benzene rings is 2. The van der Waals surface area contributed by atoms with Gasteiger partial charge < -0.3 is 39.3 Å². The maximum Gasteiger partial charge on any atom is 2.00 e. The van der Waals surface area contributed by atoms with Crippen molar-refractivity contribution in [2.75, 3.05) is 10.6 Å². The first-order valence-corrected chi connectivity index (χ1v) is 15.1. The van der Waals surface area contributed by atoms with E-state index in [2.05, 4.69) is 10.6 Å². The van der Waals surface area contributed by atoms with Crippen LogP contribution in [0.4, 0.5) is 11.4 Å². The summed E-state index contributed by atoms with van der Waals surface area (Å²) in [6.07, 6.45) is 2.93. The molecule has 0 atom stereocenters. The number of carboxylic acid groups (broad SMARTS) is 2. The van der Waals surface area contributed by atoms with Crippen LogP contribution < -0.4 is 31.1 Å². The van der Waals surface area contributed by atoms with Gasteiger partial charge in [-0.3, -0.25) is 0 Å². The third kappa shape index (κ3) is 9.95. The van der Waals surface area contributed by atoms with Crippen LogP contribution in [-0.4, -0.2) is 56.1 Å². The van der Waals surface area contributed by atoms with E-state index in [0.717, 1.165) is 24.3 Å². The van der Waals surface area contributed by atoms with Gasteiger partial charge in [-0.1, -0.05) is 23.2 Å². The molecule has 0 fully saturated rings. The van der Waals surface area contributed by atoms with Gasteiger partial charge >= 0.3 is 27.3 Å². The zero-order chi connectivity index (χ0) is 31.2. The number of carboxylic acids is 2. The Balaban J connectivity index is 0.000000293. The Morgan fingerprint density at radius 1 is 0.721 bits per heavy atom. The largest absolute Gasteiger partial charge is 2.00 e. The standard InChI is InChI=1S/2C12H11ClN2O5S.Pb/c2*13-9-5-10(15-6-7-2-1-3-20-7)8(12(16)17)4-11(9)21(14,18)19;/h2*1-5,15H,6H2,(H,16,17)(H2,14,18,19);/q;;+2/p-2. The molecule has 4 aromatic rings. The molecule has 6 N–H and O–H groups in total. The monoisotopic (exact) mass is 866 g/mol. The minimum atomic E-state index is -4.13. The maximum absolute atomic E-state index is 11.3. The number of aromatic carboxylic acids is 2. The molecule has 0 aliphatic rings. The van der Waals surface area contributed by atoms with Crippen LogP contribution in [0.5, 0.6) is 0 Å². The summed E-state index contributed by atoms with van der Waals surface area (Å²) in [6.45, 7) is 0.386. The van der Waals surface area contributed by atoms with E-state index in [4.69, 9.17) is 42.3 Å². The van der Waals surface area contributed by atoms with Gasteiger partial charge in [0.25, 0.3) is 0 Å². The van der Waals surface area contributed by atoms with Crippen LogP contribution >= 0.6 is 23.2 Å². The van der Waals surface area contributed by atoms with Gasteiger partial charge in [0.15, 0.2) is 0 Å². The van der Waals surface area contributed by atoms with E-state index in [1.165, 1.54) is 12.5 Å². The van der Waals surface area contributed by atoms with Crippen molar-refractivity contribution in [3.05, 3.63) is 93.7 Å². The van der Waals surface area contributed by atoms with Crippen molar-refractivity contribution in [1.29, 1.82) is 0 Å². The van der Waals surface area contributed by atoms with Gasteiger partial charge in [-0.05, 0) is 48.5 Å². The molecule has 2 radical (unpaired) electrons. The third-order valence-corrected chi connectivity index (χ3v) is 8.01. The van der Waals surface area contributed by atoms with E-state index in [9.17, 15) is 36.6 Å². The number of carbonyl (C=O) groups excluding carboxylic acids is 2. The van der Waals surface area contributed by atoms with Gasteiger partial charge in [-0.25, -0.2) is 27.1 Å². The molecule has 226 valence electrons. The van der Waals surface area contributed by atoms with Crippen molar-refractivity contribution in [3.63, 3.8) is 0 Å². The van der Waals surface area contributed by atoms with Crippen molar-refractivity contribution in [2.45, 2.75) is 22.9 Å². The molecule has 0 amide bonds. The van der Waals surface area contributed by atoms with E-state index in [-0.39, 0.29) is 72.9 Å². The Labute approximate surface area is 275 Å². The summed E-state index contributed by atoms with van der Waals surface area (Å²) in [5.41, 5.74) is -0.530. The molecule has 19 heteroatoms. The van der Waals surface area contributed by atoms with Gasteiger partial charge in [0.1, 0.15) is 21.3 Å². The van der Waals surface area contributed by atoms with E-state index in [0.29, 0.717) is 11.5 Å². The summed E-state index contributed by atoms with van der Waals surface area (Å²) >= 11 is 11.6. The number of halogens is 2. The number of rotatable bonds is 10. The van der Waals surface area contributed by atoms with Gasteiger partial charge in [0.2, 0.25) is 20.0 Å². The number of anilines is 2. The number of nitrogens with two attached hydrogens (primary N) is 2. The van der Waals surface area contributed by atoms with Gasteiger partial charge in [-0.2, -0.15) is 0 Å². The van der Waals surface area contributed by atoms with E-state index < -0.39 is 41.8 Å². The zero-order valence-electron chi connectivity index (χ0n) is 21.5. The van der Waals surface area contributed by atoms with Crippen LogP contribution in [0.15, 0.2) is 79.7 Å². The Morgan fingerprint density at radius 2 is 1.07 bits per heavy atom. The van der Waals surface area contributed by atoms with Gasteiger partial charge in [0.05, 0.1) is 47.6 Å². The molecule has 14 nitrogen and oxygen atoms in total. The normalized spacial score (nSPS) is 11.1. The average Bonchev–Trinajstić information content (AvgIpc) is 3.59. The predicted molar refractivity (Wildman–Crippen MR) is 152 cm³/mol. The summed E-state index contributed by atoms with van der Waals surface area (Å²) in [6, 6.07) is 10.8. The van der Waals surface area contributed by atoms with Crippen LogP contribution in [0.1, 0.15) is 32.2 Å². The fourth-order valence-electron chi connectivity index (χ4n) is 3.36. The number of primary sulfonamides is 2. The Kier molecular flexibility index (Phi) is 12.6. The van der Waals surface area contributed by atoms with Crippen LogP contribution in [0.25, 0.3) is 0 Å². The summed E-state index contributed by atoms with van der Waals surface area (Å²) in [4.78, 5) is 21.3. The summed E-state index contributed by atoms with van der Waals surface area (Å²) in [5, 5.41) is 37.4. The fraction of sp³-hybridized carbons (Fsp3) is 0.0833. The molecule has 2 heterocycles. The minimum Gasteiger partial charge on any atom is -0.545 e. The van der Waals surface area contributed by atoms with Crippen LogP contribution in [0, 0.1) is 0 Å². The molecule has 2 aromatic carbocycles. The number of sulfonamides is 2. The smallest absolute Gasteiger partial charge is 0.545 e. The third-order valence-electron chi connectivity index (χ3n) is 5.26. The van der Waals surface area contributed by atoms with Crippen molar-refractivity contribution in [2.24, 2.45) is 10.3 Å². The molecule has 0 saturated heterocycles. The van der Waals surface area contributed by atoms with Gasteiger partial charge in [-0.15, -0.1) is 0 Å². The quantitative estimate of drug-likeness (QED) is 0.161. The molecule has 4 rings (SSSR count). The fourth-order valence-corrected chi connectivity index (χ4v) is 5.56. The molecule has 43 heavy (non-hydrogen) atoms.